The van der Waals surface area contributed by atoms with Crippen molar-refractivity contribution in [2.75, 3.05) is 12.4 Å². The van der Waals surface area contributed by atoms with Crippen LogP contribution in [0, 0.1) is 0 Å². The number of fused-ring (bicyclic) bond motifs is 1. The predicted molar refractivity (Wildman–Crippen MR) is 95.9 cm³/mol. The topological polar surface area (TPSA) is 59.6 Å². The standard InChI is InChI=1S/C19H19N3O/c1-23-18-10-8-17(9-11-18)22-19(20)21-13-14-6-7-15-4-2-3-5-16(15)12-14/h2-12H,13H2,1H3,(H3,20,21,22). The maximum Gasteiger partial charge on any atom is 0.193 e. The zero-order valence-electron chi connectivity index (χ0n) is 13.0. The molecule has 0 unspecified atom stereocenters. The van der Waals surface area contributed by atoms with Gasteiger partial charge in [-0.15, -0.1) is 0 Å². The van der Waals surface area contributed by atoms with Gasteiger partial charge in [-0.05, 0) is 46.7 Å². The smallest absolute Gasteiger partial charge is 0.193 e. The minimum absolute atomic E-state index is 0.392. The highest BCUT2D eigenvalue weighted by molar-refractivity contribution is 5.92. The molecule has 0 aliphatic rings. The van der Waals surface area contributed by atoms with Crippen molar-refractivity contribution in [2.45, 2.75) is 6.54 Å². The van der Waals surface area contributed by atoms with Gasteiger partial charge in [-0.25, -0.2) is 4.99 Å². The maximum atomic E-state index is 5.94. The molecule has 23 heavy (non-hydrogen) atoms. The van der Waals surface area contributed by atoms with Crippen LogP contribution in [0.4, 0.5) is 5.69 Å². The minimum Gasteiger partial charge on any atom is -0.497 e. The van der Waals surface area contributed by atoms with Gasteiger partial charge in [-0.1, -0.05) is 36.4 Å². The van der Waals surface area contributed by atoms with Crippen LogP contribution in [-0.4, -0.2) is 13.1 Å². The summed E-state index contributed by atoms with van der Waals surface area (Å²) < 4.78 is 5.13. The van der Waals surface area contributed by atoms with Gasteiger partial charge in [0.05, 0.1) is 13.7 Å². The van der Waals surface area contributed by atoms with Crippen LogP contribution in [0.25, 0.3) is 10.8 Å². The van der Waals surface area contributed by atoms with Crippen molar-refractivity contribution in [1.29, 1.82) is 0 Å². The van der Waals surface area contributed by atoms with Crippen molar-refractivity contribution in [3.05, 3.63) is 72.3 Å². The summed E-state index contributed by atoms with van der Waals surface area (Å²) in [6.07, 6.45) is 0. The zero-order chi connectivity index (χ0) is 16.1. The monoisotopic (exact) mass is 305 g/mol. The van der Waals surface area contributed by atoms with Crippen molar-refractivity contribution in [3.8, 4) is 5.75 Å². The Morgan fingerprint density at radius 1 is 1.00 bits per heavy atom. The molecule has 0 atom stereocenters. The van der Waals surface area contributed by atoms with Crippen LogP contribution in [0.3, 0.4) is 0 Å². The number of nitrogens with one attached hydrogen (secondary N) is 1. The Bertz CT molecular complexity index is 825. The van der Waals surface area contributed by atoms with Crippen LogP contribution in [0.2, 0.25) is 0 Å². The first kappa shape index (κ1) is 14.9. The Labute approximate surface area is 135 Å². The predicted octanol–water partition coefficient (Wildman–Crippen LogP) is 3.78. The van der Waals surface area contributed by atoms with Crippen molar-refractivity contribution in [2.24, 2.45) is 10.7 Å². The Hall–Kier alpha value is -3.01. The van der Waals surface area contributed by atoms with Gasteiger partial charge >= 0.3 is 0 Å². The summed E-state index contributed by atoms with van der Waals surface area (Å²) in [5.41, 5.74) is 7.95. The van der Waals surface area contributed by atoms with Crippen LogP contribution in [0.5, 0.6) is 5.75 Å². The Morgan fingerprint density at radius 2 is 1.74 bits per heavy atom. The first-order valence-corrected chi connectivity index (χ1v) is 7.43. The van der Waals surface area contributed by atoms with Gasteiger partial charge < -0.3 is 15.8 Å². The van der Waals surface area contributed by atoms with E-state index in [1.165, 1.54) is 10.8 Å². The highest BCUT2D eigenvalue weighted by atomic mass is 16.5. The second-order valence-electron chi connectivity index (χ2n) is 5.24. The number of hydrogen-bond acceptors (Lipinski definition) is 2. The number of methoxy groups -OCH3 is 1. The number of hydrogen-bond donors (Lipinski definition) is 2. The Balaban J connectivity index is 1.67. The molecular weight excluding hydrogens is 286 g/mol. The summed E-state index contributed by atoms with van der Waals surface area (Å²) in [6, 6.07) is 22.1. The third-order valence-electron chi connectivity index (χ3n) is 3.61. The quantitative estimate of drug-likeness (QED) is 0.570. The molecule has 0 spiro atoms. The molecule has 3 aromatic carbocycles. The molecule has 3 aromatic rings. The molecule has 0 saturated carbocycles. The van der Waals surface area contributed by atoms with Crippen molar-refractivity contribution >= 4 is 22.4 Å². The van der Waals surface area contributed by atoms with E-state index >= 15 is 0 Å². The number of nitrogens with two attached hydrogens (primary N) is 1. The lowest BCUT2D eigenvalue weighted by atomic mass is 10.1. The highest BCUT2D eigenvalue weighted by Crippen LogP contribution is 2.17. The van der Waals surface area contributed by atoms with Gasteiger partial charge in [-0.2, -0.15) is 0 Å². The molecule has 0 amide bonds. The molecule has 4 heteroatoms. The van der Waals surface area contributed by atoms with E-state index in [4.69, 9.17) is 10.5 Å². The van der Waals surface area contributed by atoms with Crippen molar-refractivity contribution < 1.29 is 4.74 Å². The molecular formula is C19H19N3O. The number of guanidine groups is 1. The summed E-state index contributed by atoms with van der Waals surface area (Å²) in [7, 11) is 1.64. The molecule has 0 aromatic heterocycles. The molecule has 3 rings (SSSR count). The van der Waals surface area contributed by atoms with Crippen LogP contribution in [0.15, 0.2) is 71.7 Å². The molecule has 0 aliphatic carbocycles. The van der Waals surface area contributed by atoms with E-state index in [-0.39, 0.29) is 0 Å². The summed E-state index contributed by atoms with van der Waals surface area (Å²) in [6.45, 7) is 0.541. The molecule has 0 aliphatic heterocycles. The van der Waals surface area contributed by atoms with Gasteiger partial charge in [0.25, 0.3) is 0 Å². The third kappa shape index (κ3) is 3.80. The van der Waals surface area contributed by atoms with E-state index < -0.39 is 0 Å². The van der Waals surface area contributed by atoms with E-state index in [0.717, 1.165) is 17.0 Å². The van der Waals surface area contributed by atoms with E-state index in [2.05, 4.69) is 40.6 Å². The first-order valence-electron chi connectivity index (χ1n) is 7.43. The molecule has 3 N–H and O–H groups in total. The lowest BCUT2D eigenvalue weighted by Crippen LogP contribution is -2.22. The largest absolute Gasteiger partial charge is 0.497 e. The molecule has 116 valence electrons. The average Bonchev–Trinajstić information content (AvgIpc) is 2.60. The second kappa shape index (κ2) is 6.83. The lowest BCUT2D eigenvalue weighted by molar-refractivity contribution is 0.415. The number of nitrogens with zero attached hydrogens (tertiary/aromatic N) is 1. The minimum atomic E-state index is 0.392. The molecule has 0 fully saturated rings. The van der Waals surface area contributed by atoms with Gasteiger partial charge in [0.1, 0.15) is 5.75 Å². The molecule has 0 heterocycles. The van der Waals surface area contributed by atoms with Crippen LogP contribution in [-0.2, 0) is 6.54 Å². The number of anilines is 1. The number of rotatable bonds is 4. The first-order chi connectivity index (χ1) is 11.2. The van der Waals surface area contributed by atoms with E-state index in [1.807, 2.05) is 36.4 Å². The maximum absolute atomic E-state index is 5.94. The summed E-state index contributed by atoms with van der Waals surface area (Å²) >= 11 is 0. The number of aliphatic imine (C=N–C) groups is 1. The van der Waals surface area contributed by atoms with Crippen LogP contribution >= 0.6 is 0 Å². The summed E-state index contributed by atoms with van der Waals surface area (Å²) in [5.74, 6) is 1.20. The van der Waals surface area contributed by atoms with E-state index in [0.29, 0.717) is 12.5 Å². The highest BCUT2D eigenvalue weighted by Gasteiger charge is 1.98. The van der Waals surface area contributed by atoms with Gasteiger partial charge in [0.15, 0.2) is 5.96 Å². The fraction of sp³-hybridized carbons (Fsp3) is 0.105. The fourth-order valence-corrected chi connectivity index (χ4v) is 2.38. The van der Waals surface area contributed by atoms with Crippen molar-refractivity contribution in [3.63, 3.8) is 0 Å². The van der Waals surface area contributed by atoms with Gasteiger partial charge in [-0.3, -0.25) is 0 Å². The van der Waals surface area contributed by atoms with Gasteiger partial charge in [0, 0.05) is 5.69 Å². The Kier molecular flexibility index (Phi) is 4.43. The van der Waals surface area contributed by atoms with E-state index in [1.54, 1.807) is 7.11 Å². The zero-order valence-corrected chi connectivity index (χ0v) is 13.0. The van der Waals surface area contributed by atoms with Crippen LogP contribution < -0.4 is 15.8 Å². The molecule has 0 saturated heterocycles. The SMILES string of the molecule is COc1ccc(NC(N)=NCc2ccc3ccccc3c2)cc1. The number of benzene rings is 3. The average molecular weight is 305 g/mol. The number of ether oxygens (including phenoxy) is 1. The molecule has 4 nitrogen and oxygen atoms in total. The van der Waals surface area contributed by atoms with E-state index in [9.17, 15) is 0 Å². The lowest BCUT2D eigenvalue weighted by Gasteiger charge is -2.07. The van der Waals surface area contributed by atoms with Crippen molar-refractivity contribution in [1.82, 2.24) is 0 Å². The molecule has 0 radical (unpaired) electrons. The third-order valence-corrected chi connectivity index (χ3v) is 3.61. The summed E-state index contributed by atoms with van der Waals surface area (Å²) in [4.78, 5) is 4.39. The second-order valence-corrected chi connectivity index (χ2v) is 5.24. The fourth-order valence-electron chi connectivity index (χ4n) is 2.38. The Morgan fingerprint density at radius 3 is 2.48 bits per heavy atom. The summed E-state index contributed by atoms with van der Waals surface area (Å²) in [5, 5.41) is 5.51. The van der Waals surface area contributed by atoms with Gasteiger partial charge in [0.2, 0.25) is 0 Å². The molecule has 0 bridgehead atoms. The van der Waals surface area contributed by atoms with Crippen LogP contribution in [0.1, 0.15) is 5.56 Å². The normalized spacial score (nSPS) is 11.4.